The summed E-state index contributed by atoms with van der Waals surface area (Å²) in [6, 6.07) is 9.64. The normalized spacial score (nSPS) is 14.3. The van der Waals surface area contributed by atoms with Crippen molar-refractivity contribution < 1.29 is 9.59 Å². The Morgan fingerprint density at radius 3 is 2.80 bits per heavy atom. The third-order valence-corrected chi connectivity index (χ3v) is 3.98. The van der Waals surface area contributed by atoms with Gasteiger partial charge < -0.3 is 9.88 Å². The number of carbonyl (C=O) groups excluding carboxylic acids is 2. The van der Waals surface area contributed by atoms with E-state index in [4.69, 9.17) is 0 Å². The monoisotopic (exact) mass is 339 g/mol. The molecule has 2 amide bonds. The van der Waals surface area contributed by atoms with E-state index in [9.17, 15) is 9.59 Å². The molecule has 3 rings (SSSR count). The molecule has 1 aliphatic rings. The number of imidazole rings is 1. The average molecular weight is 339 g/mol. The van der Waals surface area contributed by atoms with Gasteiger partial charge in [-0.15, -0.1) is 0 Å². The lowest BCUT2D eigenvalue weighted by Crippen LogP contribution is -2.39. The first-order valence-corrected chi connectivity index (χ1v) is 8.38. The number of aromatic nitrogens is 2. The van der Waals surface area contributed by atoms with Crippen LogP contribution in [0.15, 0.2) is 54.2 Å². The van der Waals surface area contributed by atoms with Gasteiger partial charge in [0.2, 0.25) is 5.91 Å². The standard InChI is InChI=1S/C18H21N5O2/c24-17-8-7-16(21-23(17)13-15-5-2-1-3-6-15)18(25)20-9-4-11-22-12-10-19-14-22/h1-3,5-6,10,12,14H,4,7-9,11,13H2,(H,20,25). The minimum Gasteiger partial charge on any atom is -0.351 e. The minimum absolute atomic E-state index is 0.0551. The number of aryl methyl sites for hydroxylation is 1. The Hall–Kier alpha value is -2.96. The quantitative estimate of drug-likeness (QED) is 0.778. The number of rotatable bonds is 7. The molecule has 0 aliphatic carbocycles. The third kappa shape index (κ3) is 4.76. The first kappa shape index (κ1) is 16.9. The molecule has 0 saturated heterocycles. The van der Waals surface area contributed by atoms with Crippen LogP contribution in [0.25, 0.3) is 0 Å². The highest BCUT2D eigenvalue weighted by Crippen LogP contribution is 2.13. The summed E-state index contributed by atoms with van der Waals surface area (Å²) in [7, 11) is 0. The fourth-order valence-electron chi connectivity index (χ4n) is 2.63. The zero-order valence-electron chi connectivity index (χ0n) is 14.0. The fraction of sp³-hybridized carbons (Fsp3) is 0.333. The lowest BCUT2D eigenvalue weighted by atomic mass is 10.1. The summed E-state index contributed by atoms with van der Waals surface area (Å²) in [5.41, 5.74) is 1.40. The van der Waals surface area contributed by atoms with Gasteiger partial charge in [-0.05, 0) is 12.0 Å². The van der Waals surface area contributed by atoms with Gasteiger partial charge in [0.05, 0.1) is 12.9 Å². The molecule has 0 saturated carbocycles. The molecule has 130 valence electrons. The highest BCUT2D eigenvalue weighted by molar-refractivity contribution is 6.39. The number of carbonyl (C=O) groups is 2. The van der Waals surface area contributed by atoms with Gasteiger partial charge >= 0.3 is 0 Å². The van der Waals surface area contributed by atoms with E-state index in [-0.39, 0.29) is 11.8 Å². The van der Waals surface area contributed by atoms with Crippen molar-refractivity contribution in [1.82, 2.24) is 19.9 Å². The lowest BCUT2D eigenvalue weighted by Gasteiger charge is -2.23. The second-order valence-corrected chi connectivity index (χ2v) is 5.89. The van der Waals surface area contributed by atoms with Crippen molar-refractivity contribution in [3.05, 3.63) is 54.6 Å². The van der Waals surface area contributed by atoms with Gasteiger partial charge in [0, 0.05) is 38.3 Å². The maximum atomic E-state index is 12.3. The van der Waals surface area contributed by atoms with Crippen molar-refractivity contribution in [1.29, 1.82) is 0 Å². The Morgan fingerprint density at radius 2 is 2.04 bits per heavy atom. The molecule has 0 unspecified atom stereocenters. The zero-order valence-corrected chi connectivity index (χ0v) is 14.0. The number of nitrogens with one attached hydrogen (secondary N) is 1. The Bertz CT molecular complexity index is 740. The van der Waals surface area contributed by atoms with Crippen molar-refractivity contribution in [2.75, 3.05) is 6.54 Å². The van der Waals surface area contributed by atoms with Crippen LogP contribution in [0.3, 0.4) is 0 Å². The molecule has 1 aliphatic heterocycles. The highest BCUT2D eigenvalue weighted by Gasteiger charge is 2.24. The molecule has 1 aromatic heterocycles. The molecule has 2 heterocycles. The molecule has 2 aromatic rings. The fourth-order valence-corrected chi connectivity index (χ4v) is 2.63. The number of nitrogens with zero attached hydrogens (tertiary/aromatic N) is 4. The summed E-state index contributed by atoms with van der Waals surface area (Å²) in [4.78, 5) is 28.3. The molecule has 0 radical (unpaired) electrons. The van der Waals surface area contributed by atoms with Gasteiger partial charge in [0.1, 0.15) is 5.71 Å². The Morgan fingerprint density at radius 1 is 1.20 bits per heavy atom. The van der Waals surface area contributed by atoms with E-state index >= 15 is 0 Å². The Kier molecular flexibility index (Phi) is 5.56. The molecule has 1 N–H and O–H groups in total. The van der Waals surface area contributed by atoms with Crippen LogP contribution in [0.4, 0.5) is 0 Å². The number of hydrogen-bond donors (Lipinski definition) is 1. The second-order valence-electron chi connectivity index (χ2n) is 5.89. The predicted molar refractivity (Wildman–Crippen MR) is 93.5 cm³/mol. The van der Waals surface area contributed by atoms with Crippen LogP contribution in [0.1, 0.15) is 24.8 Å². The van der Waals surface area contributed by atoms with E-state index in [1.54, 1.807) is 12.5 Å². The van der Waals surface area contributed by atoms with E-state index in [0.717, 1.165) is 18.5 Å². The lowest BCUT2D eigenvalue weighted by molar-refractivity contribution is -0.132. The number of benzene rings is 1. The van der Waals surface area contributed by atoms with Gasteiger partial charge in [-0.25, -0.2) is 9.99 Å². The molecule has 0 fully saturated rings. The maximum absolute atomic E-state index is 12.3. The number of amides is 2. The van der Waals surface area contributed by atoms with Crippen LogP contribution in [0.2, 0.25) is 0 Å². The van der Waals surface area contributed by atoms with E-state index < -0.39 is 0 Å². The largest absolute Gasteiger partial charge is 0.351 e. The van der Waals surface area contributed by atoms with Crippen LogP contribution in [0.5, 0.6) is 0 Å². The van der Waals surface area contributed by atoms with Crippen molar-refractivity contribution in [3.8, 4) is 0 Å². The molecule has 0 atom stereocenters. The van der Waals surface area contributed by atoms with Crippen LogP contribution in [-0.2, 0) is 22.7 Å². The Balaban J connectivity index is 1.52. The highest BCUT2D eigenvalue weighted by atomic mass is 16.2. The predicted octanol–water partition coefficient (Wildman–Crippen LogP) is 1.57. The average Bonchev–Trinajstić information content (AvgIpc) is 3.15. The SMILES string of the molecule is O=C(NCCCn1ccnc1)C1=NN(Cc2ccccc2)C(=O)CC1. The number of hydrazone groups is 1. The molecule has 7 heteroatoms. The van der Waals surface area contributed by atoms with Gasteiger partial charge in [-0.1, -0.05) is 30.3 Å². The van der Waals surface area contributed by atoms with Crippen LogP contribution in [0, 0.1) is 0 Å². The first-order chi connectivity index (χ1) is 12.2. The molecule has 7 nitrogen and oxygen atoms in total. The molecule has 1 aromatic carbocycles. The van der Waals surface area contributed by atoms with E-state index in [1.165, 1.54) is 5.01 Å². The summed E-state index contributed by atoms with van der Waals surface area (Å²) in [5, 5.41) is 8.52. The second kappa shape index (κ2) is 8.23. The maximum Gasteiger partial charge on any atom is 0.267 e. The third-order valence-electron chi connectivity index (χ3n) is 3.98. The van der Waals surface area contributed by atoms with Crippen molar-refractivity contribution in [2.45, 2.75) is 32.4 Å². The summed E-state index contributed by atoms with van der Waals surface area (Å²) in [5.74, 6) is -0.253. The van der Waals surface area contributed by atoms with Crippen LogP contribution < -0.4 is 5.32 Å². The van der Waals surface area contributed by atoms with Gasteiger partial charge in [-0.3, -0.25) is 9.59 Å². The summed E-state index contributed by atoms with van der Waals surface area (Å²) in [6.07, 6.45) is 6.88. The van der Waals surface area contributed by atoms with Crippen LogP contribution in [-0.4, -0.2) is 38.6 Å². The molecule has 0 spiro atoms. The smallest absolute Gasteiger partial charge is 0.267 e. The van der Waals surface area contributed by atoms with Gasteiger partial charge in [0.15, 0.2) is 0 Å². The number of hydrogen-bond acceptors (Lipinski definition) is 4. The molecular weight excluding hydrogens is 318 g/mol. The molecular formula is C18H21N5O2. The van der Waals surface area contributed by atoms with Crippen molar-refractivity contribution in [3.63, 3.8) is 0 Å². The van der Waals surface area contributed by atoms with Gasteiger partial charge in [0.25, 0.3) is 5.91 Å². The van der Waals surface area contributed by atoms with Crippen molar-refractivity contribution in [2.24, 2.45) is 5.10 Å². The topological polar surface area (TPSA) is 79.6 Å². The van der Waals surface area contributed by atoms with E-state index in [1.807, 2.05) is 41.1 Å². The van der Waals surface area contributed by atoms with E-state index in [2.05, 4.69) is 15.4 Å². The molecule has 0 bridgehead atoms. The van der Waals surface area contributed by atoms with Crippen molar-refractivity contribution >= 4 is 17.5 Å². The van der Waals surface area contributed by atoms with E-state index in [0.29, 0.717) is 31.6 Å². The van der Waals surface area contributed by atoms with Gasteiger partial charge in [-0.2, -0.15) is 5.10 Å². The minimum atomic E-state index is -0.198. The zero-order chi connectivity index (χ0) is 17.5. The molecule has 25 heavy (non-hydrogen) atoms. The summed E-state index contributed by atoms with van der Waals surface area (Å²) >= 11 is 0. The van der Waals surface area contributed by atoms with Crippen LogP contribution >= 0.6 is 0 Å². The summed E-state index contributed by atoms with van der Waals surface area (Å²) in [6.45, 7) is 1.74. The summed E-state index contributed by atoms with van der Waals surface area (Å²) < 4.78 is 1.96. The first-order valence-electron chi connectivity index (χ1n) is 8.38. The Labute approximate surface area is 146 Å².